The number of hydrogen-bond acceptors (Lipinski definition) is 3. The maximum absolute atomic E-state index is 11.5. The summed E-state index contributed by atoms with van der Waals surface area (Å²) in [4.78, 5) is 11.5. The van der Waals surface area contributed by atoms with Crippen LogP contribution in [0.2, 0.25) is 0 Å². The summed E-state index contributed by atoms with van der Waals surface area (Å²) in [6.07, 6.45) is 1.12. The molecular weight excluding hydrogens is 252 g/mol. The Hall–Kier alpha value is -1.40. The van der Waals surface area contributed by atoms with Crippen LogP contribution >= 0.6 is 0 Å². The van der Waals surface area contributed by atoms with Crippen molar-refractivity contribution in [3.63, 3.8) is 0 Å². The van der Waals surface area contributed by atoms with Crippen LogP contribution in [0.1, 0.15) is 19.4 Å². The van der Waals surface area contributed by atoms with Gasteiger partial charge in [0.25, 0.3) is 0 Å². The molecule has 100 valence electrons. The van der Waals surface area contributed by atoms with Gasteiger partial charge in [-0.2, -0.15) is 0 Å². The van der Waals surface area contributed by atoms with E-state index in [1.165, 1.54) is 0 Å². The van der Waals surface area contributed by atoms with E-state index in [9.17, 15) is 13.2 Å². The molecule has 0 radical (unpaired) electrons. The Labute approximate surface area is 108 Å². The Morgan fingerprint density at radius 2 is 1.78 bits per heavy atom. The van der Waals surface area contributed by atoms with E-state index in [0.717, 1.165) is 11.8 Å². The lowest BCUT2D eigenvalue weighted by Gasteiger charge is -2.08. The number of nitrogens with one attached hydrogen (secondary N) is 2. The highest BCUT2D eigenvalue weighted by Gasteiger charge is 2.07. The van der Waals surface area contributed by atoms with Gasteiger partial charge in [-0.05, 0) is 17.7 Å². The Morgan fingerprint density at radius 1 is 1.22 bits per heavy atom. The zero-order valence-corrected chi connectivity index (χ0v) is 11.5. The molecule has 1 rings (SSSR count). The zero-order valence-electron chi connectivity index (χ0n) is 10.7. The van der Waals surface area contributed by atoms with Crippen molar-refractivity contribution in [2.24, 2.45) is 5.92 Å². The first-order chi connectivity index (χ1) is 8.28. The summed E-state index contributed by atoms with van der Waals surface area (Å²) in [7, 11) is -3.18. The topological polar surface area (TPSA) is 75.3 Å². The summed E-state index contributed by atoms with van der Waals surface area (Å²) in [5.41, 5.74) is 1.54. The monoisotopic (exact) mass is 270 g/mol. The summed E-state index contributed by atoms with van der Waals surface area (Å²) < 4.78 is 24.2. The Bertz CT molecular complexity index is 507. The lowest BCUT2D eigenvalue weighted by atomic mass is 10.2. The Kier molecular flexibility index (Phi) is 4.86. The molecule has 0 heterocycles. The molecule has 1 aromatic carbocycles. The Morgan fingerprint density at radius 3 is 2.22 bits per heavy atom. The van der Waals surface area contributed by atoms with Crippen LogP contribution in [-0.4, -0.2) is 20.6 Å². The molecule has 0 saturated carbocycles. The summed E-state index contributed by atoms with van der Waals surface area (Å²) in [6.45, 7) is 3.89. The van der Waals surface area contributed by atoms with Crippen LogP contribution in [0.4, 0.5) is 5.69 Å². The molecule has 1 amide bonds. The van der Waals surface area contributed by atoms with Crippen molar-refractivity contribution in [2.75, 3.05) is 11.6 Å². The van der Waals surface area contributed by atoms with Gasteiger partial charge in [0.05, 0.1) is 6.26 Å². The standard InChI is InChI=1S/C12H18N2O3S/c1-9(2)12(15)14-11-6-4-10(5-7-11)8-13-18(3,16)17/h4-7,9,13H,8H2,1-3H3,(H,14,15). The van der Waals surface area contributed by atoms with Crippen molar-refractivity contribution >= 4 is 21.6 Å². The molecule has 0 saturated heterocycles. The molecule has 0 aliphatic carbocycles. The van der Waals surface area contributed by atoms with E-state index in [1.54, 1.807) is 24.3 Å². The minimum atomic E-state index is -3.18. The number of carbonyl (C=O) groups excluding carboxylic acids is 1. The molecule has 18 heavy (non-hydrogen) atoms. The summed E-state index contributed by atoms with van der Waals surface area (Å²) in [5, 5.41) is 2.76. The second-order valence-corrected chi connectivity index (χ2v) is 6.27. The fraction of sp³-hybridized carbons (Fsp3) is 0.417. The average Bonchev–Trinajstić information content (AvgIpc) is 2.27. The molecule has 2 N–H and O–H groups in total. The largest absolute Gasteiger partial charge is 0.326 e. The molecule has 0 aromatic heterocycles. The molecule has 1 aromatic rings. The summed E-state index contributed by atoms with van der Waals surface area (Å²) >= 11 is 0. The zero-order chi connectivity index (χ0) is 13.8. The minimum absolute atomic E-state index is 0.0444. The second-order valence-electron chi connectivity index (χ2n) is 4.43. The van der Waals surface area contributed by atoms with Crippen LogP contribution in [0.25, 0.3) is 0 Å². The lowest BCUT2D eigenvalue weighted by Crippen LogP contribution is -2.21. The molecule has 0 aliphatic heterocycles. The first-order valence-corrected chi connectivity index (χ1v) is 7.51. The molecule has 0 unspecified atom stereocenters. The van der Waals surface area contributed by atoms with E-state index in [-0.39, 0.29) is 18.4 Å². The van der Waals surface area contributed by atoms with E-state index in [2.05, 4.69) is 10.0 Å². The van der Waals surface area contributed by atoms with Gasteiger partial charge < -0.3 is 5.32 Å². The van der Waals surface area contributed by atoms with Gasteiger partial charge in [0.15, 0.2) is 0 Å². The van der Waals surface area contributed by atoms with Crippen molar-refractivity contribution in [1.82, 2.24) is 4.72 Å². The lowest BCUT2D eigenvalue weighted by molar-refractivity contribution is -0.118. The molecule has 0 bridgehead atoms. The highest BCUT2D eigenvalue weighted by Crippen LogP contribution is 2.11. The van der Waals surface area contributed by atoms with Crippen molar-refractivity contribution in [2.45, 2.75) is 20.4 Å². The van der Waals surface area contributed by atoms with Gasteiger partial charge in [-0.15, -0.1) is 0 Å². The highest BCUT2D eigenvalue weighted by atomic mass is 32.2. The highest BCUT2D eigenvalue weighted by molar-refractivity contribution is 7.88. The smallest absolute Gasteiger partial charge is 0.226 e. The van der Waals surface area contributed by atoms with Gasteiger partial charge in [0, 0.05) is 18.2 Å². The third-order valence-electron chi connectivity index (χ3n) is 2.28. The third-order valence-corrected chi connectivity index (χ3v) is 2.95. The normalized spacial score (nSPS) is 11.6. The van der Waals surface area contributed by atoms with Gasteiger partial charge in [0.1, 0.15) is 0 Å². The van der Waals surface area contributed by atoms with E-state index in [4.69, 9.17) is 0 Å². The Balaban J connectivity index is 2.60. The fourth-order valence-electron chi connectivity index (χ4n) is 1.21. The van der Waals surface area contributed by atoms with Crippen LogP contribution in [0.15, 0.2) is 24.3 Å². The van der Waals surface area contributed by atoms with Crippen LogP contribution in [0.3, 0.4) is 0 Å². The van der Waals surface area contributed by atoms with Crippen molar-refractivity contribution in [3.8, 4) is 0 Å². The van der Waals surface area contributed by atoms with Crippen LogP contribution in [-0.2, 0) is 21.4 Å². The van der Waals surface area contributed by atoms with Gasteiger partial charge in [-0.25, -0.2) is 13.1 Å². The quantitative estimate of drug-likeness (QED) is 0.847. The molecule has 0 atom stereocenters. The van der Waals surface area contributed by atoms with Gasteiger partial charge in [-0.1, -0.05) is 26.0 Å². The number of anilines is 1. The molecule has 5 nitrogen and oxygen atoms in total. The number of amides is 1. The molecule has 0 aliphatic rings. The first-order valence-electron chi connectivity index (χ1n) is 5.62. The number of benzene rings is 1. The van der Waals surface area contributed by atoms with Crippen molar-refractivity contribution < 1.29 is 13.2 Å². The summed E-state index contributed by atoms with van der Waals surface area (Å²) in [6, 6.07) is 7.04. The number of hydrogen-bond donors (Lipinski definition) is 2. The van der Waals surface area contributed by atoms with Gasteiger partial charge in [0.2, 0.25) is 15.9 Å². The van der Waals surface area contributed by atoms with Gasteiger partial charge in [-0.3, -0.25) is 4.79 Å². The van der Waals surface area contributed by atoms with E-state index < -0.39 is 10.0 Å². The summed E-state index contributed by atoms with van der Waals surface area (Å²) in [5.74, 6) is -0.117. The van der Waals surface area contributed by atoms with E-state index in [0.29, 0.717) is 5.69 Å². The van der Waals surface area contributed by atoms with Crippen LogP contribution in [0.5, 0.6) is 0 Å². The van der Waals surface area contributed by atoms with Crippen LogP contribution < -0.4 is 10.0 Å². The fourth-order valence-corrected chi connectivity index (χ4v) is 1.64. The number of carbonyl (C=O) groups is 1. The molecule has 0 fully saturated rings. The SMILES string of the molecule is CC(C)C(=O)Nc1ccc(CNS(C)(=O)=O)cc1. The van der Waals surface area contributed by atoms with Crippen molar-refractivity contribution in [3.05, 3.63) is 29.8 Å². The maximum atomic E-state index is 11.5. The molecule has 6 heteroatoms. The maximum Gasteiger partial charge on any atom is 0.226 e. The average molecular weight is 270 g/mol. The first kappa shape index (κ1) is 14.7. The van der Waals surface area contributed by atoms with Crippen LogP contribution in [0, 0.1) is 5.92 Å². The second kappa shape index (κ2) is 5.97. The third kappa shape index (κ3) is 5.29. The number of rotatable bonds is 5. The molecule has 0 spiro atoms. The minimum Gasteiger partial charge on any atom is -0.326 e. The van der Waals surface area contributed by atoms with E-state index in [1.807, 2.05) is 13.8 Å². The predicted molar refractivity (Wildman–Crippen MR) is 71.6 cm³/mol. The van der Waals surface area contributed by atoms with Crippen molar-refractivity contribution in [1.29, 1.82) is 0 Å². The predicted octanol–water partition coefficient (Wildman–Crippen LogP) is 1.33. The van der Waals surface area contributed by atoms with E-state index >= 15 is 0 Å². The molecular formula is C12H18N2O3S. The number of sulfonamides is 1. The van der Waals surface area contributed by atoms with Gasteiger partial charge >= 0.3 is 0 Å².